The van der Waals surface area contributed by atoms with Crippen molar-refractivity contribution in [2.75, 3.05) is 40.9 Å². The van der Waals surface area contributed by atoms with Crippen LogP contribution in [0, 0.1) is 5.92 Å². The Morgan fingerprint density at radius 3 is 2.36 bits per heavy atom. The van der Waals surface area contributed by atoms with Crippen LogP contribution in [0.4, 0.5) is 22.7 Å². The predicted octanol–water partition coefficient (Wildman–Crippen LogP) is 6.93. The van der Waals surface area contributed by atoms with Crippen molar-refractivity contribution in [2.24, 2.45) is 5.92 Å². The standard InChI is InChI=1S/C30H30ClN5O2S/c31-26-17-25(12-13-27(26)32-18-22-14-15-36(20-22)19-21-5-2-1-3-6-21)35-30(39)34-24-10-8-23(9-11-24)33-29(37)28-7-4-16-38-28/h1-13,16-17,22,32H,14-15,18-20H2,(H,33,37)(H2,34,35,39). The molecular weight excluding hydrogens is 530 g/mol. The molecule has 4 aromatic rings. The maximum Gasteiger partial charge on any atom is 0.291 e. The van der Waals surface area contributed by atoms with Crippen molar-refractivity contribution in [1.82, 2.24) is 4.90 Å². The minimum Gasteiger partial charge on any atom is -0.459 e. The first-order chi connectivity index (χ1) is 19.0. The van der Waals surface area contributed by atoms with Crippen LogP contribution in [0.2, 0.25) is 5.02 Å². The number of rotatable bonds is 9. The summed E-state index contributed by atoms with van der Waals surface area (Å²) in [7, 11) is 0. The first-order valence-electron chi connectivity index (χ1n) is 12.8. The SMILES string of the molecule is O=C(Nc1ccc(NC(=S)Nc2ccc(NCC3CCN(Cc4ccccc4)C3)c(Cl)c2)cc1)c1ccco1. The molecule has 1 aliphatic heterocycles. The molecule has 1 amide bonds. The molecule has 9 heteroatoms. The van der Waals surface area contributed by atoms with E-state index < -0.39 is 0 Å². The van der Waals surface area contributed by atoms with Crippen LogP contribution in [0.15, 0.2) is 95.6 Å². The fraction of sp³-hybridized carbons (Fsp3) is 0.200. The largest absolute Gasteiger partial charge is 0.459 e. The van der Waals surface area contributed by atoms with Gasteiger partial charge in [-0.25, -0.2) is 0 Å². The number of nitrogens with zero attached hydrogens (tertiary/aromatic N) is 1. The average Bonchev–Trinajstić information content (AvgIpc) is 3.63. The fourth-order valence-corrected chi connectivity index (χ4v) is 5.07. The van der Waals surface area contributed by atoms with Gasteiger partial charge in [0.25, 0.3) is 5.91 Å². The second kappa shape index (κ2) is 12.8. The molecule has 0 radical (unpaired) electrons. The maximum absolute atomic E-state index is 12.1. The summed E-state index contributed by atoms with van der Waals surface area (Å²) in [6, 6.07) is 26.9. The first kappa shape index (κ1) is 26.7. The maximum atomic E-state index is 12.1. The second-order valence-electron chi connectivity index (χ2n) is 9.54. The van der Waals surface area contributed by atoms with Crippen LogP contribution >= 0.6 is 23.8 Å². The van der Waals surface area contributed by atoms with Crippen molar-refractivity contribution in [3.8, 4) is 0 Å². The normalized spacial score (nSPS) is 15.1. The summed E-state index contributed by atoms with van der Waals surface area (Å²) in [5.74, 6) is 0.539. The Morgan fingerprint density at radius 1 is 0.923 bits per heavy atom. The Balaban J connectivity index is 1.06. The fourth-order valence-electron chi connectivity index (χ4n) is 4.59. The minimum atomic E-state index is -0.305. The molecule has 3 aromatic carbocycles. The van der Waals surface area contributed by atoms with E-state index in [1.807, 2.05) is 30.3 Å². The lowest BCUT2D eigenvalue weighted by Gasteiger charge is -2.17. The average molecular weight is 560 g/mol. The number of carbonyl (C=O) groups excluding carboxylic acids is 1. The van der Waals surface area contributed by atoms with Gasteiger partial charge < -0.3 is 25.7 Å². The van der Waals surface area contributed by atoms with E-state index in [0.29, 0.717) is 21.7 Å². The number of benzene rings is 3. The lowest BCUT2D eigenvalue weighted by molar-refractivity contribution is 0.0996. The third kappa shape index (κ3) is 7.60. The number of halogens is 1. The van der Waals surface area contributed by atoms with Crippen LogP contribution in [0.25, 0.3) is 0 Å². The van der Waals surface area contributed by atoms with Gasteiger partial charge in [0, 0.05) is 36.7 Å². The van der Waals surface area contributed by atoms with Crippen molar-refractivity contribution in [1.29, 1.82) is 0 Å². The molecule has 1 atom stereocenters. The van der Waals surface area contributed by atoms with Gasteiger partial charge in [-0.3, -0.25) is 9.69 Å². The van der Waals surface area contributed by atoms with Gasteiger partial charge in [0.05, 0.1) is 17.0 Å². The summed E-state index contributed by atoms with van der Waals surface area (Å²) in [4.78, 5) is 14.6. The van der Waals surface area contributed by atoms with E-state index in [1.54, 1.807) is 24.3 Å². The molecule has 7 nitrogen and oxygen atoms in total. The number of furan rings is 1. The van der Waals surface area contributed by atoms with Gasteiger partial charge in [0.2, 0.25) is 0 Å². The number of nitrogens with one attached hydrogen (secondary N) is 4. The third-order valence-corrected chi connectivity index (χ3v) is 7.09. The highest BCUT2D eigenvalue weighted by molar-refractivity contribution is 7.80. The molecule has 1 fully saturated rings. The molecule has 0 saturated carbocycles. The third-order valence-electron chi connectivity index (χ3n) is 6.57. The van der Waals surface area contributed by atoms with E-state index in [2.05, 4.69) is 56.5 Å². The van der Waals surface area contributed by atoms with Crippen LogP contribution in [0.1, 0.15) is 22.5 Å². The Kier molecular flexibility index (Phi) is 8.78. The Morgan fingerprint density at radius 2 is 1.64 bits per heavy atom. The zero-order valence-electron chi connectivity index (χ0n) is 21.3. The molecule has 0 aliphatic carbocycles. The van der Waals surface area contributed by atoms with E-state index in [-0.39, 0.29) is 11.7 Å². The zero-order chi connectivity index (χ0) is 27.0. The van der Waals surface area contributed by atoms with Crippen LogP contribution < -0.4 is 21.3 Å². The number of carbonyl (C=O) groups is 1. The Labute approximate surface area is 238 Å². The van der Waals surface area contributed by atoms with Gasteiger partial charge >= 0.3 is 0 Å². The van der Waals surface area contributed by atoms with Gasteiger partial charge in [-0.1, -0.05) is 41.9 Å². The zero-order valence-corrected chi connectivity index (χ0v) is 22.9. The number of thiocarbonyl (C=S) groups is 1. The van der Waals surface area contributed by atoms with Crippen molar-refractivity contribution in [2.45, 2.75) is 13.0 Å². The van der Waals surface area contributed by atoms with Crippen LogP contribution in [-0.2, 0) is 6.54 Å². The van der Waals surface area contributed by atoms with Crippen LogP contribution in [0.5, 0.6) is 0 Å². The number of hydrogen-bond acceptors (Lipinski definition) is 5. The number of anilines is 4. The summed E-state index contributed by atoms with van der Waals surface area (Å²) in [6.45, 7) is 4.08. The van der Waals surface area contributed by atoms with Crippen molar-refractivity contribution in [3.63, 3.8) is 0 Å². The summed E-state index contributed by atoms with van der Waals surface area (Å²) in [5, 5.41) is 13.7. The number of likely N-dealkylation sites (tertiary alicyclic amines) is 1. The Hall–Kier alpha value is -3.85. The van der Waals surface area contributed by atoms with Crippen molar-refractivity contribution >= 4 is 57.6 Å². The van der Waals surface area contributed by atoms with E-state index in [0.717, 1.165) is 43.2 Å². The second-order valence-corrected chi connectivity index (χ2v) is 10.4. The molecule has 1 aliphatic rings. The molecule has 0 bridgehead atoms. The van der Waals surface area contributed by atoms with E-state index in [4.69, 9.17) is 28.2 Å². The summed E-state index contributed by atoms with van der Waals surface area (Å²) in [5.41, 5.74) is 4.49. The van der Waals surface area contributed by atoms with Gasteiger partial charge in [0.15, 0.2) is 10.9 Å². The molecule has 39 heavy (non-hydrogen) atoms. The topological polar surface area (TPSA) is 81.6 Å². The molecule has 1 unspecified atom stereocenters. The monoisotopic (exact) mass is 559 g/mol. The quantitative estimate of drug-likeness (QED) is 0.166. The van der Waals surface area contributed by atoms with Crippen molar-refractivity contribution in [3.05, 3.63) is 108 Å². The predicted molar refractivity (Wildman–Crippen MR) is 163 cm³/mol. The summed E-state index contributed by atoms with van der Waals surface area (Å²) < 4.78 is 5.11. The molecular formula is C30H30ClN5O2S. The van der Waals surface area contributed by atoms with Gasteiger partial charge in [-0.15, -0.1) is 0 Å². The summed E-state index contributed by atoms with van der Waals surface area (Å²) in [6.07, 6.45) is 2.64. The van der Waals surface area contributed by atoms with E-state index in [9.17, 15) is 4.79 Å². The lowest BCUT2D eigenvalue weighted by atomic mass is 10.1. The highest BCUT2D eigenvalue weighted by Crippen LogP contribution is 2.27. The van der Waals surface area contributed by atoms with Crippen LogP contribution in [-0.4, -0.2) is 35.6 Å². The van der Waals surface area contributed by atoms with Gasteiger partial charge in [0.1, 0.15) is 0 Å². The Bertz CT molecular complexity index is 1400. The minimum absolute atomic E-state index is 0.256. The lowest BCUT2D eigenvalue weighted by Crippen LogP contribution is -2.22. The molecule has 1 aromatic heterocycles. The van der Waals surface area contributed by atoms with Crippen LogP contribution in [0.3, 0.4) is 0 Å². The van der Waals surface area contributed by atoms with E-state index >= 15 is 0 Å². The smallest absolute Gasteiger partial charge is 0.291 e. The number of hydrogen-bond donors (Lipinski definition) is 4. The van der Waals surface area contributed by atoms with E-state index in [1.165, 1.54) is 18.2 Å². The molecule has 1 saturated heterocycles. The molecule has 200 valence electrons. The highest BCUT2D eigenvalue weighted by atomic mass is 35.5. The molecule has 0 spiro atoms. The van der Waals surface area contributed by atoms with Gasteiger partial charge in [-0.2, -0.15) is 0 Å². The summed E-state index contributed by atoms with van der Waals surface area (Å²) >= 11 is 12.0. The van der Waals surface area contributed by atoms with Gasteiger partial charge in [-0.05, 0) is 91.3 Å². The molecule has 2 heterocycles. The number of amides is 1. The first-order valence-corrected chi connectivity index (χ1v) is 13.6. The molecule has 5 rings (SSSR count). The molecule has 4 N–H and O–H groups in total. The van der Waals surface area contributed by atoms with Crippen molar-refractivity contribution < 1.29 is 9.21 Å². The highest BCUT2D eigenvalue weighted by Gasteiger charge is 2.22.